The van der Waals surface area contributed by atoms with Gasteiger partial charge in [-0.25, -0.2) is 4.39 Å². The third-order valence-corrected chi connectivity index (χ3v) is 0.343. The van der Waals surface area contributed by atoms with Crippen molar-refractivity contribution >= 4 is 17.6 Å². The normalized spacial score (nSPS) is 13.8. The zero-order chi connectivity index (χ0) is 5.15. The Morgan fingerprint density at radius 1 is 1.83 bits per heavy atom. The van der Waals surface area contributed by atoms with Gasteiger partial charge in [0.15, 0.2) is 0 Å². The maximum absolute atomic E-state index is 10.9. The maximum atomic E-state index is 10.9. The largest absolute Gasteiger partial charge is 0.350 e. The molecule has 1 atom stereocenters. The van der Waals surface area contributed by atoms with Crippen LogP contribution >= 0.6 is 11.6 Å². The molecule has 0 spiro atoms. The lowest BCUT2D eigenvalue weighted by Crippen LogP contribution is -1.98. The van der Waals surface area contributed by atoms with E-state index in [4.69, 9.17) is 4.79 Å². The fourth-order valence-corrected chi connectivity index (χ4v) is 0. The molecule has 1 nitrogen and oxygen atoms in total. The minimum atomic E-state index is -2.48. The highest BCUT2D eigenvalue weighted by atomic mass is 35.5. The molecule has 0 bridgehead atoms. The summed E-state index contributed by atoms with van der Waals surface area (Å²) in [6, 6.07) is -2.14. The van der Waals surface area contributed by atoms with Gasteiger partial charge < -0.3 is 0 Å². The van der Waals surface area contributed by atoms with Gasteiger partial charge in [0.25, 0.3) is 5.63 Å². The number of alkyl halides is 2. The molecule has 0 heterocycles. The van der Waals surface area contributed by atoms with Gasteiger partial charge in [-0.3, -0.25) is 4.79 Å². The van der Waals surface area contributed by atoms with E-state index in [0.29, 0.717) is 0 Å². The van der Waals surface area contributed by atoms with Gasteiger partial charge in [-0.15, -0.1) is 0 Å². The highest BCUT2D eigenvalue weighted by Gasteiger charge is 2.09. The fourth-order valence-electron chi connectivity index (χ4n) is 0. The maximum Gasteiger partial charge on any atom is 0.350 e. The Hall–Kier alpha value is -0.180. The van der Waals surface area contributed by atoms with E-state index in [1.807, 2.05) is 0 Å². The average Bonchev–Trinajstić information content (AvgIpc) is 1.36. The number of rotatable bonds is 1. The molecule has 0 amide bonds. The first-order valence-electron chi connectivity index (χ1n) is 1.12. The van der Waals surface area contributed by atoms with Crippen LogP contribution in [0.1, 0.15) is 0 Å². The molecule has 0 aromatic rings. The number of carbonyl (C=O) groups is 1. The summed E-state index contributed by atoms with van der Waals surface area (Å²) in [4.78, 5) is 8.97. The summed E-state index contributed by atoms with van der Waals surface area (Å²) in [6.07, 6.45) is 0. The molecular weight excluding hydrogens is 113 g/mol. The Labute approximate surface area is 37.9 Å². The van der Waals surface area contributed by atoms with Crippen molar-refractivity contribution in [1.29, 1.82) is 0 Å². The molecule has 0 saturated heterocycles. The van der Waals surface area contributed by atoms with Crippen LogP contribution in [0.3, 0.4) is 0 Å². The number of carbonyl (C=O) groups excluding carboxylic acids is 1. The van der Waals surface area contributed by atoms with Crippen LogP contribution in [-0.4, -0.2) is 11.7 Å². The highest BCUT2D eigenvalue weighted by Crippen LogP contribution is 1.97. The first kappa shape index (κ1) is 5.82. The second-order valence-electron chi connectivity index (χ2n) is 0.605. The van der Waals surface area contributed by atoms with Crippen LogP contribution < -0.4 is 0 Å². The van der Waals surface area contributed by atoms with Crippen molar-refractivity contribution in [3.05, 3.63) is 0 Å². The molecule has 0 aromatic carbocycles. The third-order valence-electron chi connectivity index (χ3n) is 0.172. The van der Waals surface area contributed by atoms with E-state index in [1.165, 1.54) is 0 Å². The van der Waals surface area contributed by atoms with E-state index in [2.05, 4.69) is 11.6 Å². The zero-order valence-electron chi connectivity index (χ0n) is 2.62. The first-order chi connectivity index (χ1) is 2.64. The Balaban J connectivity index is 3.26. The molecule has 0 unspecified atom stereocenters. The third kappa shape index (κ3) is 2.08. The van der Waals surface area contributed by atoms with E-state index in [-0.39, 0.29) is 0 Å². The molecular formula is C2HClF2O. The molecule has 0 fully saturated rings. The van der Waals surface area contributed by atoms with Crippen molar-refractivity contribution in [3.63, 3.8) is 0 Å². The molecule has 0 aliphatic heterocycles. The summed E-state index contributed by atoms with van der Waals surface area (Å²) in [5.41, 5.74) is -2.48. The lowest BCUT2D eigenvalue weighted by molar-refractivity contribution is -0.131. The van der Waals surface area contributed by atoms with Crippen molar-refractivity contribution in [1.82, 2.24) is 0 Å². The van der Waals surface area contributed by atoms with Gasteiger partial charge in [0.1, 0.15) is 0 Å². The molecule has 4 heteroatoms. The summed E-state index contributed by atoms with van der Waals surface area (Å²) >= 11 is 4.22. The van der Waals surface area contributed by atoms with Gasteiger partial charge in [0.2, 0.25) is 0 Å². The van der Waals surface area contributed by atoms with Crippen LogP contribution in [0, 0.1) is 0 Å². The highest BCUT2D eigenvalue weighted by molar-refractivity contribution is 6.28. The van der Waals surface area contributed by atoms with Gasteiger partial charge in [-0.05, 0) is 0 Å². The predicted molar refractivity (Wildman–Crippen MR) is 16.9 cm³/mol. The average molecular weight is 114 g/mol. The Kier molecular flexibility index (Phi) is 2.01. The van der Waals surface area contributed by atoms with Crippen LogP contribution in [0.4, 0.5) is 8.78 Å². The molecule has 36 valence electrons. The van der Waals surface area contributed by atoms with Crippen molar-refractivity contribution in [2.24, 2.45) is 0 Å². The van der Waals surface area contributed by atoms with Gasteiger partial charge >= 0.3 is 6.04 Å². The van der Waals surface area contributed by atoms with Crippen LogP contribution in [-0.2, 0) is 4.79 Å². The molecule has 0 aliphatic carbocycles. The zero-order valence-corrected chi connectivity index (χ0v) is 3.38. The molecule has 0 radical (unpaired) electrons. The van der Waals surface area contributed by atoms with E-state index in [1.54, 1.807) is 0 Å². The number of hydrogen-bond donors (Lipinski definition) is 0. The van der Waals surface area contributed by atoms with Crippen molar-refractivity contribution < 1.29 is 13.6 Å². The van der Waals surface area contributed by atoms with Crippen molar-refractivity contribution in [2.45, 2.75) is 5.63 Å². The summed E-state index contributed by atoms with van der Waals surface area (Å²) in [7, 11) is 0. The molecule has 6 heavy (non-hydrogen) atoms. The van der Waals surface area contributed by atoms with E-state index in [9.17, 15) is 8.78 Å². The smallest absolute Gasteiger partial charge is 0.256 e. The molecule has 0 saturated carbocycles. The summed E-state index contributed by atoms with van der Waals surface area (Å²) in [6.45, 7) is 0. The van der Waals surface area contributed by atoms with Gasteiger partial charge in [-0.1, -0.05) is 11.6 Å². The van der Waals surface area contributed by atoms with Crippen LogP contribution in [0.15, 0.2) is 0 Å². The van der Waals surface area contributed by atoms with Crippen molar-refractivity contribution in [3.8, 4) is 0 Å². The van der Waals surface area contributed by atoms with Gasteiger partial charge in [0, 0.05) is 0 Å². The summed E-state index contributed by atoms with van der Waals surface area (Å²) in [5, 5.41) is 0. The lowest BCUT2D eigenvalue weighted by atomic mass is 10.8. The van der Waals surface area contributed by atoms with Crippen molar-refractivity contribution in [2.75, 3.05) is 0 Å². The summed E-state index contributed by atoms with van der Waals surface area (Å²) < 4.78 is 21.5. The molecule has 0 aromatic heterocycles. The standard InChI is InChI=1S/C2HClF2O/c3-1(4)2(5)6/h1H/t1-/m1/s1. The predicted octanol–water partition coefficient (Wildman–Crippen LogP) is 1.02. The Morgan fingerprint density at radius 2 is 2.00 bits per heavy atom. The van der Waals surface area contributed by atoms with Gasteiger partial charge in [0.05, 0.1) is 0 Å². The van der Waals surface area contributed by atoms with E-state index >= 15 is 0 Å². The fraction of sp³-hybridized carbons (Fsp3) is 0.500. The Morgan fingerprint density at radius 3 is 2.00 bits per heavy atom. The van der Waals surface area contributed by atoms with Crippen LogP contribution in [0.2, 0.25) is 0 Å². The summed E-state index contributed by atoms with van der Waals surface area (Å²) in [5.74, 6) is 0. The molecule has 0 rings (SSSR count). The van der Waals surface area contributed by atoms with Gasteiger partial charge in [-0.2, -0.15) is 4.39 Å². The number of hydrogen-bond acceptors (Lipinski definition) is 1. The number of halogens is 3. The molecule has 0 aliphatic rings. The van der Waals surface area contributed by atoms with Crippen LogP contribution in [0.5, 0.6) is 0 Å². The first-order valence-corrected chi connectivity index (χ1v) is 1.55. The van der Waals surface area contributed by atoms with E-state index < -0.39 is 11.7 Å². The second-order valence-corrected chi connectivity index (χ2v) is 0.988. The quantitative estimate of drug-likeness (QED) is 0.367. The van der Waals surface area contributed by atoms with Crippen LogP contribution in [0.25, 0.3) is 0 Å². The van der Waals surface area contributed by atoms with E-state index in [0.717, 1.165) is 0 Å². The SMILES string of the molecule is O=C(F)[C@@H](F)Cl. The minimum absolute atomic E-state index is 2.14. The topological polar surface area (TPSA) is 17.1 Å². The Bertz CT molecular complexity index is 62.6. The lowest BCUT2D eigenvalue weighted by Gasteiger charge is -1.79. The molecule has 0 N–H and O–H groups in total. The second kappa shape index (κ2) is 2.08. The minimum Gasteiger partial charge on any atom is -0.256 e. The monoisotopic (exact) mass is 114 g/mol.